The maximum absolute atomic E-state index is 5.87. The minimum Gasteiger partial charge on any atom is -0.368 e. The molecule has 1 aliphatic carbocycles. The van der Waals surface area contributed by atoms with Gasteiger partial charge in [-0.25, -0.2) is 0 Å². The predicted molar refractivity (Wildman–Crippen MR) is 85.3 cm³/mol. The number of hydrogen-bond acceptors (Lipinski definition) is 6. The summed E-state index contributed by atoms with van der Waals surface area (Å²) in [6.45, 7) is 4.35. The Morgan fingerprint density at radius 3 is 2.57 bits per heavy atom. The molecule has 3 rings (SSSR count). The molecule has 1 aromatic rings. The summed E-state index contributed by atoms with van der Waals surface area (Å²) in [4.78, 5) is 15.4. The Kier molecular flexibility index (Phi) is 4.41. The highest BCUT2D eigenvalue weighted by atomic mass is 15.3. The molecular weight excluding hydrogens is 264 g/mol. The second-order valence-electron chi connectivity index (χ2n) is 6.38. The van der Waals surface area contributed by atoms with E-state index in [0.29, 0.717) is 23.9 Å². The molecule has 116 valence electrons. The summed E-state index contributed by atoms with van der Waals surface area (Å²) in [5, 5.41) is 3.51. The average molecular weight is 290 g/mol. The average Bonchev–Trinajstić information content (AvgIpc) is 2.92. The first-order valence-corrected chi connectivity index (χ1v) is 8.25. The summed E-state index contributed by atoms with van der Waals surface area (Å²) < 4.78 is 0. The summed E-state index contributed by atoms with van der Waals surface area (Å²) in [7, 11) is 0. The monoisotopic (exact) mass is 290 g/mol. The largest absolute Gasteiger partial charge is 0.368 e. The molecule has 1 aliphatic heterocycles. The van der Waals surface area contributed by atoms with Crippen LogP contribution in [-0.4, -0.2) is 34.1 Å². The van der Waals surface area contributed by atoms with E-state index in [0.717, 1.165) is 19.0 Å². The molecule has 0 bridgehead atoms. The number of nitrogens with zero attached hydrogens (tertiary/aromatic N) is 4. The van der Waals surface area contributed by atoms with Crippen molar-refractivity contribution < 1.29 is 0 Å². The van der Waals surface area contributed by atoms with E-state index in [-0.39, 0.29) is 0 Å². The second-order valence-corrected chi connectivity index (χ2v) is 6.38. The smallest absolute Gasteiger partial charge is 0.231 e. The Hall–Kier alpha value is -1.59. The van der Waals surface area contributed by atoms with Gasteiger partial charge in [-0.3, -0.25) is 0 Å². The third-order valence-corrected chi connectivity index (χ3v) is 4.71. The number of nitrogens with two attached hydrogens (primary N) is 1. The minimum atomic E-state index is 0.315. The van der Waals surface area contributed by atoms with Crippen molar-refractivity contribution in [2.24, 2.45) is 5.92 Å². The molecule has 0 spiro atoms. The van der Waals surface area contributed by atoms with Crippen molar-refractivity contribution in [2.45, 2.75) is 57.9 Å². The lowest BCUT2D eigenvalue weighted by Gasteiger charge is -2.23. The molecule has 1 aromatic heterocycles. The van der Waals surface area contributed by atoms with Crippen molar-refractivity contribution in [3.05, 3.63) is 0 Å². The highest BCUT2D eigenvalue weighted by Crippen LogP contribution is 2.26. The van der Waals surface area contributed by atoms with Crippen LogP contribution in [-0.2, 0) is 0 Å². The quantitative estimate of drug-likeness (QED) is 0.832. The SMILES string of the molecule is CC1CCCCCC1Nc1nc(N)nc(N2CCCC2)n1. The third kappa shape index (κ3) is 3.54. The molecule has 2 heterocycles. The number of anilines is 3. The number of nitrogen functional groups attached to an aromatic ring is 1. The maximum Gasteiger partial charge on any atom is 0.231 e. The van der Waals surface area contributed by atoms with Gasteiger partial charge in [0.15, 0.2) is 0 Å². The van der Waals surface area contributed by atoms with Crippen molar-refractivity contribution in [1.29, 1.82) is 0 Å². The highest BCUT2D eigenvalue weighted by molar-refractivity contribution is 5.43. The fraction of sp³-hybridized carbons (Fsp3) is 0.800. The molecular formula is C15H26N6. The van der Waals surface area contributed by atoms with Gasteiger partial charge in [0, 0.05) is 19.1 Å². The molecule has 1 saturated carbocycles. The molecule has 2 fully saturated rings. The van der Waals surface area contributed by atoms with Gasteiger partial charge in [0.2, 0.25) is 17.8 Å². The van der Waals surface area contributed by atoms with Crippen LogP contribution in [0.4, 0.5) is 17.8 Å². The van der Waals surface area contributed by atoms with Gasteiger partial charge in [-0.05, 0) is 31.6 Å². The van der Waals surface area contributed by atoms with Gasteiger partial charge >= 0.3 is 0 Å². The first kappa shape index (κ1) is 14.4. The van der Waals surface area contributed by atoms with E-state index in [9.17, 15) is 0 Å². The summed E-state index contributed by atoms with van der Waals surface area (Å²) in [6.07, 6.45) is 8.81. The maximum atomic E-state index is 5.87. The molecule has 3 N–H and O–H groups in total. The van der Waals surface area contributed by atoms with E-state index >= 15 is 0 Å². The minimum absolute atomic E-state index is 0.315. The first-order chi connectivity index (χ1) is 10.2. The zero-order valence-electron chi connectivity index (χ0n) is 12.9. The summed E-state index contributed by atoms with van der Waals surface area (Å²) >= 11 is 0. The van der Waals surface area contributed by atoms with Crippen molar-refractivity contribution in [3.8, 4) is 0 Å². The zero-order chi connectivity index (χ0) is 14.7. The van der Waals surface area contributed by atoms with Crippen LogP contribution in [0.1, 0.15) is 51.9 Å². The normalized spacial score (nSPS) is 26.6. The number of aromatic nitrogens is 3. The molecule has 0 radical (unpaired) electrons. The van der Waals surface area contributed by atoms with E-state index < -0.39 is 0 Å². The molecule has 6 nitrogen and oxygen atoms in total. The topological polar surface area (TPSA) is 80.0 Å². The fourth-order valence-corrected chi connectivity index (χ4v) is 3.38. The van der Waals surface area contributed by atoms with Crippen molar-refractivity contribution in [1.82, 2.24) is 15.0 Å². The highest BCUT2D eigenvalue weighted by Gasteiger charge is 2.22. The second kappa shape index (κ2) is 6.45. The van der Waals surface area contributed by atoms with Gasteiger partial charge < -0.3 is 16.0 Å². The standard InChI is InChI=1S/C15H26N6/c1-11-7-3-2-4-8-12(11)17-14-18-13(16)19-15(20-14)21-9-5-6-10-21/h11-12H,2-10H2,1H3,(H3,16,17,18,19,20). The lowest BCUT2D eigenvalue weighted by molar-refractivity contribution is 0.454. The first-order valence-electron chi connectivity index (χ1n) is 8.25. The molecule has 0 amide bonds. The molecule has 2 atom stereocenters. The summed E-state index contributed by atoms with van der Waals surface area (Å²) in [5.74, 6) is 2.34. The van der Waals surface area contributed by atoms with Gasteiger partial charge in [-0.1, -0.05) is 26.2 Å². The van der Waals surface area contributed by atoms with Crippen molar-refractivity contribution in [3.63, 3.8) is 0 Å². The summed E-state index contributed by atoms with van der Waals surface area (Å²) in [6, 6.07) is 0.445. The number of nitrogens with one attached hydrogen (secondary N) is 1. The van der Waals surface area contributed by atoms with Crippen LogP contribution >= 0.6 is 0 Å². The van der Waals surface area contributed by atoms with Crippen LogP contribution in [0.25, 0.3) is 0 Å². The number of hydrogen-bond donors (Lipinski definition) is 2. The Bertz CT molecular complexity index is 471. The van der Waals surface area contributed by atoms with E-state index in [4.69, 9.17) is 5.73 Å². The van der Waals surface area contributed by atoms with E-state index in [1.54, 1.807) is 0 Å². The van der Waals surface area contributed by atoms with E-state index in [1.807, 2.05) is 0 Å². The van der Waals surface area contributed by atoms with Gasteiger partial charge in [0.1, 0.15) is 0 Å². The zero-order valence-corrected chi connectivity index (χ0v) is 12.9. The van der Waals surface area contributed by atoms with Crippen molar-refractivity contribution in [2.75, 3.05) is 29.0 Å². The Morgan fingerprint density at radius 2 is 1.76 bits per heavy atom. The van der Waals surface area contributed by atoms with Crippen LogP contribution in [0.15, 0.2) is 0 Å². The lowest BCUT2D eigenvalue weighted by atomic mass is 9.97. The van der Waals surface area contributed by atoms with Crippen LogP contribution in [0, 0.1) is 5.92 Å². The van der Waals surface area contributed by atoms with Crippen LogP contribution in [0.3, 0.4) is 0 Å². The van der Waals surface area contributed by atoms with Gasteiger partial charge in [0.05, 0.1) is 0 Å². The Labute approximate surface area is 126 Å². The van der Waals surface area contributed by atoms with Gasteiger partial charge in [-0.2, -0.15) is 15.0 Å². The molecule has 21 heavy (non-hydrogen) atoms. The fourth-order valence-electron chi connectivity index (χ4n) is 3.38. The van der Waals surface area contributed by atoms with E-state index in [1.165, 1.54) is 44.9 Å². The van der Waals surface area contributed by atoms with Gasteiger partial charge in [0.25, 0.3) is 0 Å². The van der Waals surface area contributed by atoms with Crippen LogP contribution < -0.4 is 16.0 Å². The third-order valence-electron chi connectivity index (χ3n) is 4.71. The summed E-state index contributed by atoms with van der Waals surface area (Å²) in [5.41, 5.74) is 5.87. The Morgan fingerprint density at radius 1 is 1.00 bits per heavy atom. The predicted octanol–water partition coefficient (Wildman–Crippen LogP) is 2.43. The molecule has 2 unspecified atom stereocenters. The molecule has 0 aromatic carbocycles. The molecule has 6 heteroatoms. The van der Waals surface area contributed by atoms with Crippen molar-refractivity contribution >= 4 is 17.8 Å². The molecule has 2 aliphatic rings. The Balaban J connectivity index is 1.74. The number of rotatable bonds is 3. The van der Waals surface area contributed by atoms with Gasteiger partial charge in [-0.15, -0.1) is 0 Å². The van der Waals surface area contributed by atoms with Crippen LogP contribution in [0.2, 0.25) is 0 Å². The van der Waals surface area contributed by atoms with E-state index in [2.05, 4.69) is 32.1 Å². The lowest BCUT2D eigenvalue weighted by Crippen LogP contribution is -2.28. The van der Waals surface area contributed by atoms with Crippen LogP contribution in [0.5, 0.6) is 0 Å². The molecule has 1 saturated heterocycles.